The molecule has 3 aliphatic carbocycles. The molecule has 0 amide bonds. The van der Waals surface area contributed by atoms with E-state index in [0.29, 0.717) is 56.3 Å². The van der Waals surface area contributed by atoms with Gasteiger partial charge < -0.3 is 67.3 Å². The van der Waals surface area contributed by atoms with Crippen LogP contribution in [0.15, 0.2) is 77.5 Å². The first kappa shape index (κ1) is 45.1. The first-order valence-corrected chi connectivity index (χ1v) is 22.0. The summed E-state index contributed by atoms with van der Waals surface area (Å²) >= 11 is 0. The number of nitrogens with two attached hydrogens (primary N) is 2. The van der Waals surface area contributed by atoms with Gasteiger partial charge in [-0.25, -0.2) is 9.79 Å². The Morgan fingerprint density at radius 2 is 1.85 bits per heavy atom. The van der Waals surface area contributed by atoms with Crippen LogP contribution in [0.2, 0.25) is 0 Å². The first-order chi connectivity index (χ1) is 29.8. The van der Waals surface area contributed by atoms with Crippen molar-refractivity contribution >= 4 is 41.1 Å². The summed E-state index contributed by atoms with van der Waals surface area (Å²) in [5, 5.41) is 70.5. The highest BCUT2D eigenvalue weighted by molar-refractivity contribution is 5.86. The molecule has 1 fully saturated rings. The Morgan fingerprint density at radius 1 is 1.05 bits per heavy atom. The number of aromatic amines is 1. The number of aromatic nitrogens is 1. The van der Waals surface area contributed by atoms with Crippen molar-refractivity contribution < 1.29 is 45.0 Å². The molecule has 2 aromatic carbocycles. The lowest BCUT2D eigenvalue weighted by molar-refractivity contribution is -0.149. The number of carbonyl (C=O) groups excluding carboxylic acids is 2. The van der Waals surface area contributed by atoms with Crippen molar-refractivity contribution in [1.82, 2.24) is 10.3 Å². The van der Waals surface area contributed by atoms with Gasteiger partial charge in [0.1, 0.15) is 30.1 Å². The highest BCUT2D eigenvalue weighted by Crippen LogP contribution is 2.53. The van der Waals surface area contributed by atoms with E-state index in [1.807, 2.05) is 18.2 Å². The summed E-state index contributed by atoms with van der Waals surface area (Å²) in [5.74, 6) is -1.08. The number of benzene rings is 2. The number of aliphatic hydroxyl groups excluding tert-OH is 3. The number of carboxylic acids is 1. The van der Waals surface area contributed by atoms with E-state index < -0.39 is 54.6 Å². The molecule has 0 spiro atoms. The summed E-state index contributed by atoms with van der Waals surface area (Å²) in [7, 11) is 0. The van der Waals surface area contributed by atoms with Crippen LogP contribution in [0.3, 0.4) is 0 Å². The highest BCUT2D eigenvalue weighted by atomic mass is 16.5. The van der Waals surface area contributed by atoms with Crippen molar-refractivity contribution in [2.45, 2.75) is 119 Å². The Balaban J connectivity index is 1.25. The topological polar surface area (TPSA) is 277 Å². The number of anilines is 1. The molecule has 15 nitrogen and oxygen atoms in total. The van der Waals surface area contributed by atoms with Crippen molar-refractivity contribution in [3.05, 3.63) is 89.2 Å². The number of nitrogens with one attached hydrogen (secondary N) is 3. The number of aliphatic hydroxyl groups is 5. The molecule has 2 heterocycles. The summed E-state index contributed by atoms with van der Waals surface area (Å²) in [5.41, 5.74) is 15.2. The van der Waals surface area contributed by atoms with Gasteiger partial charge >= 0.3 is 5.97 Å². The van der Waals surface area contributed by atoms with Crippen LogP contribution in [0.25, 0.3) is 10.8 Å². The minimum atomic E-state index is -1.76. The fourth-order valence-corrected chi connectivity index (χ4v) is 10.9. The molecule has 3 aromatic rings. The van der Waals surface area contributed by atoms with Crippen LogP contribution in [0, 0.1) is 29.6 Å². The second kappa shape index (κ2) is 19.7. The van der Waals surface area contributed by atoms with Gasteiger partial charge in [-0.2, -0.15) is 0 Å². The molecule has 1 saturated carbocycles. The number of carboxylic acid groups (broad SMARTS) is 1. The molecule has 334 valence electrons. The van der Waals surface area contributed by atoms with Gasteiger partial charge in [0.05, 0.1) is 24.7 Å². The molecule has 12 atom stereocenters. The molecule has 15 heteroatoms. The number of fused-ring (bicyclic) bond motifs is 6. The molecule has 13 N–H and O–H groups in total. The van der Waals surface area contributed by atoms with E-state index in [4.69, 9.17) is 16.5 Å². The third-order valence-electron chi connectivity index (χ3n) is 14.1. The van der Waals surface area contributed by atoms with E-state index in [0.717, 1.165) is 41.7 Å². The number of aldehydes is 2. The largest absolute Gasteiger partial charge is 0.478 e. The standard InChI is InChI=1S/C47H62N6O9/c48-33(10-4-27(24-55)5-12-40(57)58)11-9-28-7-8-30-20-32-19-29-6-3-26(14-17-54)18-31(29)21-35(32)42(28)36(30)22-38(51-39-2-1-16-50-39)37(23-41(59)60)43-34-13-15-47(62,25-56)45(61)44(34)53-46(49)52-43/h1-3,6-8,16-19,21,23-24,27-28,30,33-34,36,38,40,42-45,50-51,56-58,61-62H,4-5,9-15,20,22,25,48H2,(H,59,60)(H3,49,52,53)/b37-23-/t27-,28-,30+,33+,34+,36-,38+,42-,43+,44-,45+,47+/m0/s1. The van der Waals surface area contributed by atoms with E-state index in [9.17, 15) is 45.0 Å². The second-order valence-corrected chi connectivity index (χ2v) is 18.1. The predicted octanol–water partition coefficient (Wildman–Crippen LogP) is 2.79. The van der Waals surface area contributed by atoms with Gasteiger partial charge in [0.2, 0.25) is 0 Å². The number of guanidine groups is 1. The van der Waals surface area contributed by atoms with E-state index in [-0.39, 0.29) is 54.4 Å². The lowest BCUT2D eigenvalue weighted by Crippen LogP contribution is -2.67. The smallest absolute Gasteiger partial charge is 0.328 e. The Kier molecular flexibility index (Phi) is 14.3. The molecule has 0 saturated heterocycles. The number of carbonyl (C=O) groups is 3. The Labute approximate surface area is 361 Å². The molecule has 1 aliphatic heterocycles. The summed E-state index contributed by atoms with van der Waals surface area (Å²) in [6.45, 7) is -0.649. The Morgan fingerprint density at radius 3 is 2.56 bits per heavy atom. The molecule has 4 aliphatic rings. The molecule has 0 unspecified atom stereocenters. The number of nitrogens with zero attached hydrogens (tertiary/aromatic N) is 1. The van der Waals surface area contributed by atoms with Gasteiger partial charge in [0.15, 0.2) is 12.2 Å². The zero-order valence-corrected chi connectivity index (χ0v) is 34.9. The van der Waals surface area contributed by atoms with Crippen molar-refractivity contribution in [2.24, 2.45) is 46.0 Å². The van der Waals surface area contributed by atoms with Crippen LogP contribution in [0.5, 0.6) is 0 Å². The summed E-state index contributed by atoms with van der Waals surface area (Å²) in [6.07, 6.45) is 11.6. The lowest BCUT2D eigenvalue weighted by atomic mass is 9.58. The third kappa shape index (κ3) is 9.98. The van der Waals surface area contributed by atoms with Crippen LogP contribution in [0.4, 0.5) is 5.82 Å². The van der Waals surface area contributed by atoms with Crippen LogP contribution < -0.4 is 22.1 Å². The SMILES string of the molecule is NC1=N[C@@H](/C(=C\C(=O)O)[C@@H](C[C@@H]2[C@@H]3c4cc5cc(CC=O)ccc5cc4C[C@H]2C=C[C@H]3CC[C@H](N)CC[C@H](C=O)CCC(O)O)Nc2ccc[nH]2)[C@H]2CC[C@@](O)(CO)[C@H](O)[C@H]2N1. The minimum absolute atomic E-state index is 0.00137. The number of aliphatic carboxylic acids is 1. The monoisotopic (exact) mass is 854 g/mol. The van der Waals surface area contributed by atoms with E-state index in [1.54, 1.807) is 6.20 Å². The molecule has 2 bridgehead atoms. The average Bonchev–Trinajstić information content (AvgIpc) is 3.76. The quantitative estimate of drug-likeness (QED) is 0.0338. The van der Waals surface area contributed by atoms with E-state index >= 15 is 0 Å². The van der Waals surface area contributed by atoms with Crippen LogP contribution in [0.1, 0.15) is 80.4 Å². The number of rotatable bonds is 20. The van der Waals surface area contributed by atoms with Crippen molar-refractivity contribution in [1.29, 1.82) is 0 Å². The maximum Gasteiger partial charge on any atom is 0.328 e. The number of H-pyrrole nitrogens is 1. The summed E-state index contributed by atoms with van der Waals surface area (Å²) < 4.78 is 0. The highest BCUT2D eigenvalue weighted by Gasteiger charge is 2.53. The molecule has 1 aromatic heterocycles. The van der Waals surface area contributed by atoms with Gasteiger partial charge in [0.25, 0.3) is 0 Å². The molecular formula is C47H62N6O9. The lowest BCUT2D eigenvalue weighted by Gasteiger charge is -2.50. The second-order valence-electron chi connectivity index (χ2n) is 18.1. The normalized spacial score (nSPS) is 29.5. The fraction of sp³-hybridized carbons (Fsp3) is 0.532. The molecule has 62 heavy (non-hydrogen) atoms. The van der Waals surface area contributed by atoms with Crippen LogP contribution >= 0.6 is 0 Å². The van der Waals surface area contributed by atoms with Crippen molar-refractivity contribution in [3.63, 3.8) is 0 Å². The molecule has 7 rings (SSSR count). The van der Waals surface area contributed by atoms with Gasteiger partial charge in [0, 0.05) is 36.6 Å². The van der Waals surface area contributed by atoms with Gasteiger partial charge in [-0.3, -0.25) is 0 Å². The summed E-state index contributed by atoms with van der Waals surface area (Å²) in [4.78, 5) is 44.1. The van der Waals surface area contributed by atoms with Gasteiger partial charge in [-0.1, -0.05) is 42.5 Å². The number of allylic oxidation sites excluding steroid dienone is 2. The predicted molar refractivity (Wildman–Crippen MR) is 235 cm³/mol. The van der Waals surface area contributed by atoms with E-state index in [2.05, 4.69) is 52.0 Å². The van der Waals surface area contributed by atoms with Crippen LogP contribution in [-0.2, 0) is 27.2 Å². The van der Waals surface area contributed by atoms with Crippen LogP contribution in [-0.4, -0.2) is 109 Å². The Hall–Kier alpha value is -4.90. The maximum absolute atomic E-state index is 12.8. The minimum Gasteiger partial charge on any atom is -0.478 e. The van der Waals surface area contributed by atoms with Gasteiger partial charge in [-0.05, 0) is 133 Å². The third-order valence-corrected chi connectivity index (χ3v) is 14.1. The number of hydrogen-bond acceptors (Lipinski definition) is 13. The van der Waals surface area contributed by atoms with Gasteiger partial charge in [-0.15, -0.1) is 0 Å². The van der Waals surface area contributed by atoms with Crippen molar-refractivity contribution in [3.8, 4) is 0 Å². The Bertz CT molecular complexity index is 2140. The average molecular weight is 855 g/mol. The fourth-order valence-electron chi connectivity index (χ4n) is 10.9. The van der Waals surface area contributed by atoms with E-state index in [1.165, 1.54) is 17.2 Å². The number of aliphatic imine (C=N–C) groups is 1. The maximum atomic E-state index is 12.8. The van der Waals surface area contributed by atoms with Crippen molar-refractivity contribution in [2.75, 3.05) is 11.9 Å². The first-order valence-electron chi connectivity index (χ1n) is 22.0. The zero-order chi connectivity index (χ0) is 44.1. The molecule has 0 radical (unpaired) electrons. The zero-order valence-electron chi connectivity index (χ0n) is 34.9. The summed E-state index contributed by atoms with van der Waals surface area (Å²) in [6, 6.07) is 12.0. The molecular weight excluding hydrogens is 793 g/mol. The number of hydrogen-bond donors (Lipinski definition) is 11.